The predicted octanol–water partition coefficient (Wildman–Crippen LogP) is 2.84. The summed E-state index contributed by atoms with van der Waals surface area (Å²) in [5, 5.41) is 2.84. The second kappa shape index (κ2) is 8.69. The second-order valence-corrected chi connectivity index (χ2v) is 7.12. The fraction of sp³-hybridized carbons (Fsp3) is 0.318. The van der Waals surface area contributed by atoms with E-state index in [0.717, 1.165) is 5.56 Å². The summed E-state index contributed by atoms with van der Waals surface area (Å²) in [5.74, 6) is -0.406. The standard InChI is InChI=1S/C22H25N3O3/c1-16-14-20(26)23-18-10-6-7-11-19(18)25(16)22(28)15-24(2)21(27)13-12-17-8-4-3-5-9-17/h3-11,16H,12-15H2,1-2H3,(H,23,26)/t16-/m0/s1. The monoisotopic (exact) mass is 379 g/mol. The summed E-state index contributed by atoms with van der Waals surface area (Å²) in [6, 6.07) is 16.7. The van der Waals surface area contributed by atoms with Crippen LogP contribution in [-0.4, -0.2) is 42.3 Å². The van der Waals surface area contributed by atoms with Crippen LogP contribution in [0.4, 0.5) is 11.4 Å². The number of fused-ring (bicyclic) bond motifs is 1. The van der Waals surface area contributed by atoms with Crippen molar-refractivity contribution in [2.75, 3.05) is 23.8 Å². The summed E-state index contributed by atoms with van der Waals surface area (Å²) in [5.41, 5.74) is 2.37. The van der Waals surface area contributed by atoms with Crippen LogP contribution in [0, 0.1) is 0 Å². The zero-order valence-electron chi connectivity index (χ0n) is 16.2. The lowest BCUT2D eigenvalue weighted by atomic mass is 10.1. The zero-order valence-corrected chi connectivity index (χ0v) is 16.2. The van der Waals surface area contributed by atoms with Crippen molar-refractivity contribution in [2.24, 2.45) is 0 Å². The number of para-hydroxylation sites is 2. The third kappa shape index (κ3) is 4.57. The SMILES string of the molecule is C[C@H]1CC(=O)Nc2ccccc2N1C(=O)CN(C)C(=O)CCc1ccccc1. The highest BCUT2D eigenvalue weighted by Crippen LogP contribution is 2.31. The lowest BCUT2D eigenvalue weighted by molar-refractivity contribution is -0.134. The molecule has 0 bridgehead atoms. The minimum atomic E-state index is -0.288. The van der Waals surface area contributed by atoms with E-state index in [1.165, 1.54) is 4.90 Å². The largest absolute Gasteiger partial charge is 0.336 e. The fourth-order valence-electron chi connectivity index (χ4n) is 3.42. The first-order valence-electron chi connectivity index (χ1n) is 9.44. The van der Waals surface area contributed by atoms with Gasteiger partial charge in [-0.05, 0) is 31.0 Å². The highest BCUT2D eigenvalue weighted by Gasteiger charge is 2.30. The molecule has 0 aromatic heterocycles. The van der Waals surface area contributed by atoms with Gasteiger partial charge in [-0.2, -0.15) is 0 Å². The molecule has 1 aliphatic rings. The van der Waals surface area contributed by atoms with Gasteiger partial charge in [-0.15, -0.1) is 0 Å². The lowest BCUT2D eigenvalue weighted by Crippen LogP contribution is -2.45. The van der Waals surface area contributed by atoms with Gasteiger partial charge in [0.05, 0.1) is 17.9 Å². The Morgan fingerprint density at radius 2 is 1.79 bits per heavy atom. The summed E-state index contributed by atoms with van der Waals surface area (Å²) < 4.78 is 0. The number of nitrogens with zero attached hydrogens (tertiary/aromatic N) is 2. The van der Waals surface area contributed by atoms with Crippen LogP contribution in [0.25, 0.3) is 0 Å². The number of hydrogen-bond donors (Lipinski definition) is 1. The van der Waals surface area contributed by atoms with Crippen molar-refractivity contribution in [2.45, 2.75) is 32.2 Å². The lowest BCUT2D eigenvalue weighted by Gasteiger charge is -2.29. The number of hydrogen-bond acceptors (Lipinski definition) is 3. The van der Waals surface area contributed by atoms with Crippen molar-refractivity contribution >= 4 is 29.1 Å². The van der Waals surface area contributed by atoms with Crippen molar-refractivity contribution in [3.63, 3.8) is 0 Å². The molecule has 0 saturated heterocycles. The normalized spacial score (nSPS) is 16.0. The van der Waals surface area contributed by atoms with Crippen molar-refractivity contribution in [1.29, 1.82) is 0 Å². The molecule has 146 valence electrons. The average Bonchev–Trinajstić information content (AvgIpc) is 2.80. The van der Waals surface area contributed by atoms with Gasteiger partial charge in [0.25, 0.3) is 0 Å². The van der Waals surface area contributed by atoms with Crippen molar-refractivity contribution in [3.05, 3.63) is 60.2 Å². The molecule has 2 aromatic rings. The number of carbonyl (C=O) groups is 3. The smallest absolute Gasteiger partial charge is 0.246 e. The molecule has 1 atom stereocenters. The average molecular weight is 379 g/mol. The molecule has 0 saturated carbocycles. The van der Waals surface area contributed by atoms with Crippen LogP contribution in [0.15, 0.2) is 54.6 Å². The Labute approximate surface area is 165 Å². The summed E-state index contributed by atoms with van der Waals surface area (Å²) in [6.07, 6.45) is 1.20. The summed E-state index contributed by atoms with van der Waals surface area (Å²) in [6.45, 7) is 1.82. The Morgan fingerprint density at radius 3 is 2.54 bits per heavy atom. The molecule has 3 rings (SSSR count). The zero-order chi connectivity index (χ0) is 20.1. The maximum Gasteiger partial charge on any atom is 0.246 e. The van der Waals surface area contributed by atoms with Crippen molar-refractivity contribution in [1.82, 2.24) is 4.90 Å². The van der Waals surface area contributed by atoms with Gasteiger partial charge >= 0.3 is 0 Å². The van der Waals surface area contributed by atoms with Crippen LogP contribution in [0.1, 0.15) is 25.3 Å². The van der Waals surface area contributed by atoms with E-state index >= 15 is 0 Å². The van der Waals surface area contributed by atoms with Crippen LogP contribution >= 0.6 is 0 Å². The van der Waals surface area contributed by atoms with E-state index < -0.39 is 0 Å². The van der Waals surface area contributed by atoms with E-state index in [1.807, 2.05) is 55.5 Å². The number of rotatable bonds is 5. The molecule has 1 aliphatic heterocycles. The molecule has 1 N–H and O–H groups in total. The van der Waals surface area contributed by atoms with Gasteiger partial charge in [-0.1, -0.05) is 42.5 Å². The molecular formula is C22H25N3O3. The molecule has 28 heavy (non-hydrogen) atoms. The van der Waals surface area contributed by atoms with E-state index in [9.17, 15) is 14.4 Å². The number of benzene rings is 2. The Bertz CT molecular complexity index is 866. The quantitative estimate of drug-likeness (QED) is 0.868. The number of likely N-dealkylation sites (N-methyl/N-ethyl adjacent to an activating group) is 1. The summed E-state index contributed by atoms with van der Waals surface area (Å²) in [7, 11) is 1.64. The first-order chi connectivity index (χ1) is 13.5. The molecule has 2 aromatic carbocycles. The van der Waals surface area contributed by atoms with Gasteiger partial charge in [0.2, 0.25) is 17.7 Å². The number of aryl methyl sites for hydroxylation is 1. The Hall–Kier alpha value is -3.15. The van der Waals surface area contributed by atoms with E-state index in [1.54, 1.807) is 18.0 Å². The molecule has 0 fully saturated rings. The first kappa shape index (κ1) is 19.6. The van der Waals surface area contributed by atoms with Gasteiger partial charge in [-0.3, -0.25) is 14.4 Å². The predicted molar refractivity (Wildman–Crippen MR) is 109 cm³/mol. The molecular weight excluding hydrogens is 354 g/mol. The molecule has 0 aliphatic carbocycles. The number of amides is 3. The number of nitrogens with one attached hydrogen (secondary N) is 1. The van der Waals surface area contributed by atoms with Crippen molar-refractivity contribution in [3.8, 4) is 0 Å². The molecule has 1 heterocycles. The minimum Gasteiger partial charge on any atom is -0.336 e. The maximum absolute atomic E-state index is 13.0. The van der Waals surface area contributed by atoms with Gasteiger partial charge < -0.3 is 15.1 Å². The molecule has 6 heteroatoms. The van der Waals surface area contributed by atoms with Gasteiger partial charge in [0.1, 0.15) is 0 Å². The molecule has 0 radical (unpaired) electrons. The highest BCUT2D eigenvalue weighted by atomic mass is 16.2. The molecule has 0 unspecified atom stereocenters. The number of anilines is 2. The Morgan fingerprint density at radius 1 is 1.11 bits per heavy atom. The molecule has 3 amide bonds. The van der Waals surface area contributed by atoms with Gasteiger partial charge in [0, 0.05) is 25.9 Å². The topological polar surface area (TPSA) is 69.7 Å². The summed E-state index contributed by atoms with van der Waals surface area (Å²) >= 11 is 0. The van der Waals surface area contributed by atoms with E-state index in [-0.39, 0.29) is 36.7 Å². The van der Waals surface area contributed by atoms with Crippen LogP contribution in [0.3, 0.4) is 0 Å². The van der Waals surface area contributed by atoms with E-state index in [4.69, 9.17) is 0 Å². The summed E-state index contributed by atoms with van der Waals surface area (Å²) in [4.78, 5) is 40.6. The fourth-order valence-corrected chi connectivity index (χ4v) is 3.42. The third-order valence-corrected chi connectivity index (χ3v) is 4.90. The van der Waals surface area contributed by atoms with Crippen LogP contribution in [0.5, 0.6) is 0 Å². The maximum atomic E-state index is 13.0. The van der Waals surface area contributed by atoms with Gasteiger partial charge in [-0.25, -0.2) is 0 Å². The third-order valence-electron chi connectivity index (χ3n) is 4.90. The minimum absolute atomic E-state index is 0.0273. The van der Waals surface area contributed by atoms with Crippen LogP contribution < -0.4 is 10.2 Å². The molecule has 0 spiro atoms. The molecule has 6 nitrogen and oxygen atoms in total. The van der Waals surface area contributed by atoms with E-state index in [0.29, 0.717) is 24.2 Å². The highest BCUT2D eigenvalue weighted by molar-refractivity contribution is 6.05. The Balaban J connectivity index is 1.67. The van der Waals surface area contributed by atoms with Crippen LogP contribution in [-0.2, 0) is 20.8 Å². The van der Waals surface area contributed by atoms with E-state index in [2.05, 4.69) is 5.32 Å². The number of carbonyl (C=O) groups excluding carboxylic acids is 3. The van der Waals surface area contributed by atoms with Crippen molar-refractivity contribution < 1.29 is 14.4 Å². The first-order valence-corrected chi connectivity index (χ1v) is 9.44. The second-order valence-electron chi connectivity index (χ2n) is 7.12. The Kier molecular flexibility index (Phi) is 6.09. The van der Waals surface area contributed by atoms with Crippen LogP contribution in [0.2, 0.25) is 0 Å². The van der Waals surface area contributed by atoms with Gasteiger partial charge in [0.15, 0.2) is 0 Å².